The summed E-state index contributed by atoms with van der Waals surface area (Å²) >= 11 is 0. The smallest absolute Gasteiger partial charge is 0.310 e. The lowest BCUT2D eigenvalue weighted by molar-refractivity contribution is 0.0949. The Balaban J connectivity index is 2.02. The van der Waals surface area contributed by atoms with Gasteiger partial charge >= 0.3 is 5.69 Å². The van der Waals surface area contributed by atoms with Gasteiger partial charge in [0.1, 0.15) is 5.69 Å². The Labute approximate surface area is 121 Å². The SMILES string of the molecule is CCc1ccc(/C=N/NC(=O)c2cc(C)[nH]c(=O)n2)cc1. The highest BCUT2D eigenvalue weighted by Gasteiger charge is 2.07. The van der Waals surface area contributed by atoms with E-state index in [0.29, 0.717) is 5.69 Å². The number of rotatable bonds is 4. The molecule has 0 aliphatic heterocycles. The van der Waals surface area contributed by atoms with Crippen LogP contribution in [0.4, 0.5) is 0 Å². The van der Waals surface area contributed by atoms with Crippen molar-refractivity contribution in [2.24, 2.45) is 5.10 Å². The van der Waals surface area contributed by atoms with E-state index in [1.165, 1.54) is 17.8 Å². The molecule has 0 radical (unpaired) electrons. The molecule has 0 spiro atoms. The molecule has 0 atom stereocenters. The Hall–Kier alpha value is -2.76. The minimum atomic E-state index is -0.556. The van der Waals surface area contributed by atoms with E-state index < -0.39 is 11.6 Å². The molecule has 1 aromatic heterocycles. The van der Waals surface area contributed by atoms with Gasteiger partial charge in [-0.2, -0.15) is 10.1 Å². The lowest BCUT2D eigenvalue weighted by atomic mass is 10.1. The van der Waals surface area contributed by atoms with Crippen LogP contribution in [0.5, 0.6) is 0 Å². The maximum absolute atomic E-state index is 11.8. The van der Waals surface area contributed by atoms with Crippen LogP contribution in [0.15, 0.2) is 40.2 Å². The van der Waals surface area contributed by atoms with Crippen molar-refractivity contribution in [3.8, 4) is 0 Å². The van der Waals surface area contributed by atoms with Gasteiger partial charge in [-0.15, -0.1) is 0 Å². The molecule has 1 amide bonds. The number of aromatic amines is 1. The van der Waals surface area contributed by atoms with Crippen LogP contribution in [0, 0.1) is 6.92 Å². The number of hydrogen-bond acceptors (Lipinski definition) is 4. The van der Waals surface area contributed by atoms with Gasteiger partial charge in [0.2, 0.25) is 0 Å². The molecular formula is C15H16N4O2. The van der Waals surface area contributed by atoms with E-state index >= 15 is 0 Å². The van der Waals surface area contributed by atoms with Gasteiger partial charge in [0, 0.05) is 5.69 Å². The Morgan fingerprint density at radius 3 is 2.71 bits per heavy atom. The highest BCUT2D eigenvalue weighted by molar-refractivity contribution is 5.93. The van der Waals surface area contributed by atoms with Crippen LogP contribution in [-0.2, 0) is 6.42 Å². The van der Waals surface area contributed by atoms with Crippen LogP contribution < -0.4 is 11.1 Å². The van der Waals surface area contributed by atoms with E-state index in [4.69, 9.17) is 0 Å². The van der Waals surface area contributed by atoms with Gasteiger partial charge in [0.05, 0.1) is 6.21 Å². The standard InChI is InChI=1S/C15H16N4O2/c1-3-11-4-6-12(7-5-11)9-16-19-14(20)13-8-10(2)17-15(21)18-13/h4-9H,3H2,1-2H3,(H,19,20)(H,17,18,21)/b16-9+. The van der Waals surface area contributed by atoms with Crippen molar-refractivity contribution in [1.82, 2.24) is 15.4 Å². The van der Waals surface area contributed by atoms with Crippen LogP contribution in [0.25, 0.3) is 0 Å². The van der Waals surface area contributed by atoms with Crippen molar-refractivity contribution in [2.75, 3.05) is 0 Å². The molecule has 0 saturated carbocycles. The van der Waals surface area contributed by atoms with Crippen molar-refractivity contribution in [2.45, 2.75) is 20.3 Å². The number of hydrazone groups is 1. The summed E-state index contributed by atoms with van der Waals surface area (Å²) in [6, 6.07) is 9.34. The maximum Gasteiger partial charge on any atom is 0.345 e. The number of aryl methyl sites for hydroxylation is 2. The quantitative estimate of drug-likeness (QED) is 0.657. The number of hydrogen-bond donors (Lipinski definition) is 2. The highest BCUT2D eigenvalue weighted by Crippen LogP contribution is 2.02. The van der Waals surface area contributed by atoms with Gasteiger partial charge in [0.15, 0.2) is 0 Å². The van der Waals surface area contributed by atoms with Crippen molar-refractivity contribution < 1.29 is 4.79 Å². The largest absolute Gasteiger partial charge is 0.345 e. The molecule has 2 N–H and O–H groups in total. The highest BCUT2D eigenvalue weighted by atomic mass is 16.2. The first-order valence-electron chi connectivity index (χ1n) is 6.59. The Kier molecular flexibility index (Phi) is 4.61. The molecule has 0 unspecified atom stereocenters. The lowest BCUT2D eigenvalue weighted by Gasteiger charge is -2.00. The second kappa shape index (κ2) is 6.60. The first-order valence-corrected chi connectivity index (χ1v) is 6.59. The summed E-state index contributed by atoms with van der Waals surface area (Å²) in [4.78, 5) is 29.0. The van der Waals surface area contributed by atoms with Gasteiger partial charge in [-0.05, 0) is 30.5 Å². The van der Waals surface area contributed by atoms with Crippen LogP contribution in [0.3, 0.4) is 0 Å². The topological polar surface area (TPSA) is 87.2 Å². The zero-order valence-corrected chi connectivity index (χ0v) is 11.9. The summed E-state index contributed by atoms with van der Waals surface area (Å²) in [7, 11) is 0. The van der Waals surface area contributed by atoms with E-state index in [9.17, 15) is 9.59 Å². The van der Waals surface area contributed by atoms with Gasteiger partial charge in [-0.25, -0.2) is 10.2 Å². The van der Waals surface area contributed by atoms with E-state index in [1.807, 2.05) is 24.3 Å². The van der Waals surface area contributed by atoms with Crippen LogP contribution in [0.2, 0.25) is 0 Å². The molecule has 0 aliphatic rings. The summed E-state index contributed by atoms with van der Waals surface area (Å²) in [5.41, 5.74) is 4.51. The summed E-state index contributed by atoms with van der Waals surface area (Å²) in [5, 5.41) is 3.86. The number of H-pyrrole nitrogens is 1. The Morgan fingerprint density at radius 2 is 2.10 bits per heavy atom. The third-order valence-electron chi connectivity index (χ3n) is 2.88. The van der Waals surface area contributed by atoms with Crippen molar-refractivity contribution in [3.63, 3.8) is 0 Å². The van der Waals surface area contributed by atoms with Crippen LogP contribution in [0.1, 0.15) is 34.2 Å². The normalized spacial score (nSPS) is 10.8. The third-order valence-corrected chi connectivity index (χ3v) is 2.88. The number of nitrogens with one attached hydrogen (secondary N) is 2. The number of aromatic nitrogens is 2. The van der Waals surface area contributed by atoms with E-state index in [0.717, 1.165) is 12.0 Å². The predicted molar refractivity (Wildman–Crippen MR) is 80.5 cm³/mol. The fourth-order valence-corrected chi connectivity index (χ4v) is 1.76. The summed E-state index contributed by atoms with van der Waals surface area (Å²) in [6.07, 6.45) is 2.51. The van der Waals surface area contributed by atoms with Crippen molar-refractivity contribution in [1.29, 1.82) is 0 Å². The molecule has 0 fully saturated rings. The number of amides is 1. The van der Waals surface area contributed by atoms with E-state index in [2.05, 4.69) is 27.4 Å². The molecule has 6 heteroatoms. The van der Waals surface area contributed by atoms with Crippen molar-refractivity contribution >= 4 is 12.1 Å². The molecule has 1 aromatic carbocycles. The maximum atomic E-state index is 11.8. The average molecular weight is 284 g/mol. The molecule has 0 saturated heterocycles. The van der Waals surface area contributed by atoms with Crippen molar-refractivity contribution in [3.05, 3.63) is 63.3 Å². The van der Waals surface area contributed by atoms with Crippen LogP contribution in [-0.4, -0.2) is 22.1 Å². The van der Waals surface area contributed by atoms with E-state index in [1.54, 1.807) is 6.92 Å². The number of nitrogens with zero attached hydrogens (tertiary/aromatic N) is 2. The zero-order chi connectivity index (χ0) is 15.2. The number of carbonyl (C=O) groups is 1. The average Bonchev–Trinajstić information content (AvgIpc) is 2.47. The van der Waals surface area contributed by atoms with Gasteiger partial charge < -0.3 is 4.98 Å². The van der Waals surface area contributed by atoms with Crippen LogP contribution >= 0.6 is 0 Å². The number of carbonyl (C=O) groups excluding carboxylic acids is 1. The first-order chi connectivity index (χ1) is 10.1. The summed E-state index contributed by atoms with van der Waals surface area (Å²) in [5.74, 6) is -0.523. The molecular weight excluding hydrogens is 268 g/mol. The molecule has 6 nitrogen and oxygen atoms in total. The fraction of sp³-hybridized carbons (Fsp3) is 0.200. The second-order valence-electron chi connectivity index (χ2n) is 4.55. The van der Waals surface area contributed by atoms with Gasteiger partial charge in [-0.3, -0.25) is 4.79 Å². The Morgan fingerprint density at radius 1 is 1.38 bits per heavy atom. The molecule has 2 rings (SSSR count). The molecule has 2 aromatic rings. The number of benzene rings is 1. The molecule has 21 heavy (non-hydrogen) atoms. The zero-order valence-electron chi connectivity index (χ0n) is 11.9. The molecule has 1 heterocycles. The monoisotopic (exact) mass is 284 g/mol. The molecule has 0 bridgehead atoms. The molecule has 0 aliphatic carbocycles. The second-order valence-corrected chi connectivity index (χ2v) is 4.55. The minimum absolute atomic E-state index is 0.0368. The van der Waals surface area contributed by atoms with Gasteiger partial charge in [0.25, 0.3) is 5.91 Å². The predicted octanol–water partition coefficient (Wildman–Crippen LogP) is 1.40. The third kappa shape index (κ3) is 4.10. The Bertz CT molecular complexity index is 717. The molecule has 108 valence electrons. The first kappa shape index (κ1) is 14.6. The van der Waals surface area contributed by atoms with Gasteiger partial charge in [-0.1, -0.05) is 31.2 Å². The van der Waals surface area contributed by atoms with E-state index in [-0.39, 0.29) is 5.69 Å². The minimum Gasteiger partial charge on any atom is -0.310 e. The fourth-order valence-electron chi connectivity index (χ4n) is 1.76. The lowest BCUT2D eigenvalue weighted by Crippen LogP contribution is -2.24. The summed E-state index contributed by atoms with van der Waals surface area (Å²) < 4.78 is 0. The summed E-state index contributed by atoms with van der Waals surface area (Å²) in [6.45, 7) is 3.76.